The average Bonchev–Trinajstić information content (AvgIpc) is 2.16. The van der Waals surface area contributed by atoms with Crippen molar-refractivity contribution >= 4 is 0 Å². The molecule has 0 aromatic carbocycles. The summed E-state index contributed by atoms with van der Waals surface area (Å²) < 4.78 is 0. The monoisotopic (exact) mass is 192 g/mol. The molecule has 1 aromatic rings. The Bertz CT molecular complexity index is 330. The van der Waals surface area contributed by atoms with Crippen molar-refractivity contribution in [2.24, 2.45) is 0 Å². The van der Waals surface area contributed by atoms with Gasteiger partial charge in [0.1, 0.15) is 0 Å². The highest BCUT2D eigenvalue weighted by Gasteiger charge is 2.27. The third-order valence-electron chi connectivity index (χ3n) is 2.36. The third-order valence-corrected chi connectivity index (χ3v) is 2.36. The maximum atomic E-state index is 5.77. The molecule has 0 amide bonds. The summed E-state index contributed by atoms with van der Waals surface area (Å²) in [6.45, 7) is 7.35. The Morgan fingerprint density at radius 2 is 2.21 bits per heavy atom. The third kappa shape index (κ3) is 1.73. The van der Waals surface area contributed by atoms with Crippen LogP contribution in [0.15, 0.2) is 18.3 Å². The van der Waals surface area contributed by atoms with Gasteiger partial charge in [0.05, 0.1) is 5.69 Å². The first-order valence-electron chi connectivity index (χ1n) is 4.97. The Kier molecular flexibility index (Phi) is 2.19. The second-order valence-corrected chi connectivity index (χ2v) is 4.56. The fourth-order valence-electron chi connectivity index (χ4n) is 1.54. The summed E-state index contributed by atoms with van der Waals surface area (Å²) >= 11 is 0. The molecule has 76 valence electrons. The first kappa shape index (κ1) is 9.46. The molecule has 0 saturated heterocycles. The number of pyridine rings is 1. The second kappa shape index (κ2) is 3.24. The van der Waals surface area contributed by atoms with E-state index in [2.05, 4.69) is 25.8 Å². The molecule has 0 spiro atoms. The van der Waals surface area contributed by atoms with Crippen molar-refractivity contribution in [2.45, 2.75) is 32.7 Å². The van der Waals surface area contributed by atoms with E-state index in [1.54, 1.807) is 0 Å². The average molecular weight is 192 g/mol. The van der Waals surface area contributed by atoms with Crippen LogP contribution >= 0.6 is 0 Å². The Morgan fingerprint density at radius 1 is 1.43 bits per heavy atom. The second-order valence-electron chi connectivity index (χ2n) is 4.56. The summed E-state index contributed by atoms with van der Waals surface area (Å²) in [7, 11) is 0. The van der Waals surface area contributed by atoms with Gasteiger partial charge < -0.3 is 4.84 Å². The van der Waals surface area contributed by atoms with Crippen LogP contribution in [0.3, 0.4) is 0 Å². The zero-order valence-corrected chi connectivity index (χ0v) is 8.95. The molecule has 0 aliphatic carbocycles. The summed E-state index contributed by atoms with van der Waals surface area (Å²) in [5.41, 5.74) is 1.11. The number of hydrogen-bond acceptors (Lipinski definition) is 3. The maximum absolute atomic E-state index is 5.77. The van der Waals surface area contributed by atoms with E-state index in [-0.39, 0.29) is 5.54 Å². The van der Waals surface area contributed by atoms with Crippen molar-refractivity contribution in [1.82, 2.24) is 10.0 Å². The summed E-state index contributed by atoms with van der Waals surface area (Å²) in [5.74, 6) is 0.897. The van der Waals surface area contributed by atoms with Gasteiger partial charge in [-0.05, 0) is 32.9 Å². The van der Waals surface area contributed by atoms with Crippen molar-refractivity contribution in [1.29, 1.82) is 0 Å². The molecule has 0 N–H and O–H groups in total. The minimum Gasteiger partial charge on any atom is -0.404 e. The molecule has 0 bridgehead atoms. The van der Waals surface area contributed by atoms with E-state index in [0.29, 0.717) is 0 Å². The normalized spacial score (nSPS) is 17.4. The topological polar surface area (TPSA) is 25.4 Å². The maximum Gasteiger partial charge on any atom is 0.169 e. The minimum atomic E-state index is 0.0491. The molecule has 0 radical (unpaired) electrons. The predicted molar refractivity (Wildman–Crippen MR) is 55.0 cm³/mol. The fourth-order valence-corrected chi connectivity index (χ4v) is 1.54. The van der Waals surface area contributed by atoms with Gasteiger partial charge in [-0.3, -0.25) is 4.98 Å². The van der Waals surface area contributed by atoms with Crippen molar-refractivity contribution < 1.29 is 4.84 Å². The zero-order chi connectivity index (χ0) is 10.2. The lowest BCUT2D eigenvalue weighted by molar-refractivity contribution is -0.134. The molecule has 1 aromatic heterocycles. The van der Waals surface area contributed by atoms with Gasteiger partial charge in [0, 0.05) is 24.7 Å². The quantitative estimate of drug-likeness (QED) is 0.629. The number of aromatic nitrogens is 1. The Labute approximate surface area is 84.7 Å². The van der Waals surface area contributed by atoms with Crippen molar-refractivity contribution in [3.05, 3.63) is 24.0 Å². The van der Waals surface area contributed by atoms with E-state index in [1.807, 2.05) is 23.4 Å². The number of hydrogen-bond donors (Lipinski definition) is 0. The van der Waals surface area contributed by atoms with Crippen LogP contribution in [-0.4, -0.2) is 22.1 Å². The van der Waals surface area contributed by atoms with Crippen LogP contribution in [0.5, 0.6) is 5.75 Å². The smallest absolute Gasteiger partial charge is 0.169 e. The molecule has 1 aliphatic heterocycles. The van der Waals surface area contributed by atoms with Gasteiger partial charge in [-0.25, -0.2) is 0 Å². The van der Waals surface area contributed by atoms with E-state index < -0.39 is 0 Å². The highest BCUT2D eigenvalue weighted by Crippen LogP contribution is 2.26. The molecule has 3 heteroatoms. The molecule has 2 heterocycles. The van der Waals surface area contributed by atoms with Crippen LogP contribution in [0.4, 0.5) is 0 Å². The Morgan fingerprint density at radius 3 is 2.93 bits per heavy atom. The van der Waals surface area contributed by atoms with Gasteiger partial charge in [-0.1, -0.05) is 0 Å². The van der Waals surface area contributed by atoms with Gasteiger partial charge in [0.25, 0.3) is 0 Å². The molecular formula is C11H16N2O. The first-order chi connectivity index (χ1) is 6.57. The highest BCUT2D eigenvalue weighted by atomic mass is 16.7. The SMILES string of the molecule is CC(C)(C)N1CCc2ncccc2O1. The largest absolute Gasteiger partial charge is 0.404 e. The van der Waals surface area contributed by atoms with Crippen LogP contribution in [0.2, 0.25) is 0 Å². The first-order valence-corrected chi connectivity index (χ1v) is 4.97. The summed E-state index contributed by atoms with van der Waals surface area (Å²) in [5, 5.41) is 2.01. The molecule has 0 atom stereocenters. The fraction of sp³-hybridized carbons (Fsp3) is 0.545. The van der Waals surface area contributed by atoms with Crippen molar-refractivity contribution in [2.75, 3.05) is 6.54 Å². The summed E-state index contributed by atoms with van der Waals surface area (Å²) in [6, 6.07) is 3.88. The minimum absolute atomic E-state index is 0.0491. The standard InChI is InChI=1S/C11H16N2O/c1-11(2,3)13-8-6-9-10(14-13)5-4-7-12-9/h4-5,7H,6,8H2,1-3H3. The molecule has 0 fully saturated rings. The van der Waals surface area contributed by atoms with Gasteiger partial charge in [-0.2, -0.15) is 0 Å². The van der Waals surface area contributed by atoms with E-state index in [1.165, 1.54) is 0 Å². The van der Waals surface area contributed by atoms with E-state index >= 15 is 0 Å². The van der Waals surface area contributed by atoms with Crippen LogP contribution in [0.25, 0.3) is 0 Å². The Balaban J connectivity index is 2.22. The van der Waals surface area contributed by atoms with Crippen LogP contribution in [0, 0.1) is 0 Å². The lowest BCUT2D eigenvalue weighted by Crippen LogP contribution is -2.47. The predicted octanol–water partition coefficient (Wildman–Crippen LogP) is 2.03. The number of rotatable bonds is 0. The molecule has 0 unspecified atom stereocenters. The van der Waals surface area contributed by atoms with Gasteiger partial charge in [-0.15, -0.1) is 5.06 Å². The number of fused-ring (bicyclic) bond motifs is 1. The molecular weight excluding hydrogens is 176 g/mol. The van der Waals surface area contributed by atoms with Gasteiger partial charge >= 0.3 is 0 Å². The summed E-state index contributed by atoms with van der Waals surface area (Å²) in [6.07, 6.45) is 2.78. The molecule has 2 rings (SSSR count). The lowest BCUT2D eigenvalue weighted by atomic mass is 10.1. The molecule has 0 saturated carbocycles. The molecule has 3 nitrogen and oxygen atoms in total. The van der Waals surface area contributed by atoms with Crippen LogP contribution in [-0.2, 0) is 6.42 Å². The zero-order valence-electron chi connectivity index (χ0n) is 8.95. The van der Waals surface area contributed by atoms with E-state index in [0.717, 1.165) is 24.4 Å². The summed E-state index contributed by atoms with van der Waals surface area (Å²) in [4.78, 5) is 10.1. The molecule has 1 aliphatic rings. The lowest BCUT2D eigenvalue weighted by Gasteiger charge is -2.37. The van der Waals surface area contributed by atoms with Gasteiger partial charge in [0.2, 0.25) is 0 Å². The number of hydroxylamine groups is 2. The van der Waals surface area contributed by atoms with Crippen LogP contribution in [0.1, 0.15) is 26.5 Å². The highest BCUT2D eigenvalue weighted by molar-refractivity contribution is 5.28. The van der Waals surface area contributed by atoms with Gasteiger partial charge in [0.15, 0.2) is 5.75 Å². The van der Waals surface area contributed by atoms with Crippen LogP contribution < -0.4 is 4.84 Å². The van der Waals surface area contributed by atoms with E-state index in [9.17, 15) is 0 Å². The van der Waals surface area contributed by atoms with Crippen molar-refractivity contribution in [3.8, 4) is 5.75 Å². The molecule has 14 heavy (non-hydrogen) atoms. The van der Waals surface area contributed by atoms with E-state index in [4.69, 9.17) is 4.84 Å². The Hall–Kier alpha value is -1.09. The number of nitrogens with zero attached hydrogens (tertiary/aromatic N) is 2. The van der Waals surface area contributed by atoms with Crippen molar-refractivity contribution in [3.63, 3.8) is 0 Å².